The fourth-order valence-corrected chi connectivity index (χ4v) is 2.68. The third kappa shape index (κ3) is 2.61. The minimum atomic E-state index is -1.10. The molecule has 1 fully saturated rings. The van der Waals surface area contributed by atoms with Crippen molar-refractivity contribution < 1.29 is 19.5 Å². The fraction of sp³-hybridized carbons (Fsp3) is 0.400. The third-order valence-corrected chi connectivity index (χ3v) is 3.87. The molecule has 3 rings (SSSR count). The third-order valence-electron chi connectivity index (χ3n) is 3.87. The molecule has 1 aromatic rings. The van der Waals surface area contributed by atoms with Crippen molar-refractivity contribution in [2.24, 2.45) is 5.92 Å². The van der Waals surface area contributed by atoms with Crippen LogP contribution in [0.4, 0.5) is 0 Å². The predicted octanol–water partition coefficient (Wildman–Crippen LogP) is 0.794. The summed E-state index contributed by atoms with van der Waals surface area (Å²) in [4.78, 5) is 36.9. The molecule has 6 heteroatoms. The van der Waals surface area contributed by atoms with Gasteiger partial charge in [0.1, 0.15) is 12.6 Å². The van der Waals surface area contributed by atoms with E-state index < -0.39 is 24.5 Å². The highest BCUT2D eigenvalue weighted by atomic mass is 16.4. The summed E-state index contributed by atoms with van der Waals surface area (Å²) >= 11 is 0. The number of carboxylic acid groups (broad SMARTS) is 1. The summed E-state index contributed by atoms with van der Waals surface area (Å²) in [5, 5.41) is 11.1. The zero-order valence-electron chi connectivity index (χ0n) is 11.4. The van der Waals surface area contributed by atoms with Gasteiger partial charge in [-0.05, 0) is 30.4 Å². The van der Waals surface area contributed by atoms with E-state index in [-0.39, 0.29) is 5.91 Å². The summed E-state index contributed by atoms with van der Waals surface area (Å²) in [7, 11) is 0. The Bertz CT molecular complexity index is 609. The lowest BCUT2D eigenvalue weighted by Crippen LogP contribution is -2.41. The monoisotopic (exact) mass is 288 g/mol. The quantitative estimate of drug-likeness (QED) is 0.839. The first-order valence-corrected chi connectivity index (χ1v) is 6.97. The van der Waals surface area contributed by atoms with Crippen molar-refractivity contribution in [3.05, 3.63) is 35.4 Å². The maximum absolute atomic E-state index is 12.4. The van der Waals surface area contributed by atoms with Gasteiger partial charge in [0.05, 0.1) is 0 Å². The largest absolute Gasteiger partial charge is 0.480 e. The molecule has 6 nitrogen and oxygen atoms in total. The smallest absolute Gasteiger partial charge is 0.322 e. The van der Waals surface area contributed by atoms with E-state index in [0.29, 0.717) is 23.6 Å². The van der Waals surface area contributed by atoms with Crippen molar-refractivity contribution in [3.63, 3.8) is 0 Å². The molecule has 1 atom stereocenters. The molecule has 1 aliphatic heterocycles. The maximum Gasteiger partial charge on any atom is 0.322 e. The number of carbonyl (C=O) groups is 3. The van der Waals surface area contributed by atoms with E-state index in [1.54, 1.807) is 29.2 Å². The molecule has 1 unspecified atom stereocenters. The van der Waals surface area contributed by atoms with Gasteiger partial charge in [0.2, 0.25) is 5.91 Å². The van der Waals surface area contributed by atoms with Crippen LogP contribution in [-0.2, 0) is 9.59 Å². The van der Waals surface area contributed by atoms with Gasteiger partial charge in [-0.25, -0.2) is 0 Å². The van der Waals surface area contributed by atoms with Crippen LogP contribution >= 0.6 is 0 Å². The number of amides is 2. The summed E-state index contributed by atoms with van der Waals surface area (Å²) in [5.41, 5.74) is 1.19. The minimum absolute atomic E-state index is 0.145. The predicted molar refractivity (Wildman–Crippen MR) is 73.6 cm³/mol. The number of rotatable bonds is 5. The summed E-state index contributed by atoms with van der Waals surface area (Å²) in [5.74, 6) is -1.22. The van der Waals surface area contributed by atoms with Crippen LogP contribution in [0, 0.1) is 5.92 Å². The van der Waals surface area contributed by atoms with Gasteiger partial charge in [-0.2, -0.15) is 0 Å². The van der Waals surface area contributed by atoms with Crippen LogP contribution in [-0.4, -0.2) is 40.9 Å². The maximum atomic E-state index is 12.4. The van der Waals surface area contributed by atoms with E-state index in [4.69, 9.17) is 5.11 Å². The van der Waals surface area contributed by atoms with Crippen LogP contribution in [0.25, 0.3) is 0 Å². The number of carboxylic acids is 1. The zero-order valence-corrected chi connectivity index (χ0v) is 11.4. The van der Waals surface area contributed by atoms with Crippen molar-refractivity contribution in [2.45, 2.75) is 18.9 Å². The normalized spacial score (nSPS) is 20.3. The standard InChI is InChI=1S/C15H16N2O4/c18-12(19)7-16-14(20)13-10-3-1-2-4-11(10)15(21)17(13)8-9-5-6-9/h1-4,9,13H,5-8H2,(H,16,20)(H,18,19). The summed E-state index contributed by atoms with van der Waals surface area (Å²) in [6.07, 6.45) is 2.15. The Morgan fingerprint density at radius 3 is 2.67 bits per heavy atom. The van der Waals surface area contributed by atoms with Gasteiger partial charge in [-0.15, -0.1) is 0 Å². The van der Waals surface area contributed by atoms with Crippen LogP contribution in [0.15, 0.2) is 24.3 Å². The van der Waals surface area contributed by atoms with Crippen molar-refractivity contribution in [3.8, 4) is 0 Å². The Labute approximate surface area is 121 Å². The lowest BCUT2D eigenvalue weighted by Gasteiger charge is -2.24. The van der Waals surface area contributed by atoms with E-state index in [9.17, 15) is 14.4 Å². The Hall–Kier alpha value is -2.37. The summed E-state index contributed by atoms with van der Waals surface area (Å²) in [6.45, 7) is 0.113. The molecule has 1 aliphatic carbocycles. The van der Waals surface area contributed by atoms with E-state index in [1.807, 2.05) is 0 Å². The molecule has 2 aliphatic rings. The highest BCUT2D eigenvalue weighted by Gasteiger charge is 2.42. The van der Waals surface area contributed by atoms with Gasteiger partial charge in [0.25, 0.3) is 5.91 Å². The molecular weight excluding hydrogens is 272 g/mol. The molecule has 1 saturated carbocycles. The van der Waals surface area contributed by atoms with E-state index in [1.165, 1.54) is 0 Å². The van der Waals surface area contributed by atoms with E-state index in [0.717, 1.165) is 12.8 Å². The average Bonchev–Trinajstić information content (AvgIpc) is 3.23. The first-order chi connectivity index (χ1) is 10.1. The molecule has 0 saturated heterocycles. The molecule has 1 heterocycles. The summed E-state index contributed by atoms with van der Waals surface area (Å²) < 4.78 is 0. The zero-order chi connectivity index (χ0) is 15.0. The number of aliphatic carboxylic acids is 1. The number of hydrogen-bond donors (Lipinski definition) is 2. The second-order valence-electron chi connectivity index (χ2n) is 5.50. The Morgan fingerprint density at radius 2 is 2.00 bits per heavy atom. The van der Waals surface area contributed by atoms with Crippen LogP contribution in [0.5, 0.6) is 0 Å². The molecule has 21 heavy (non-hydrogen) atoms. The molecular formula is C15H16N2O4. The molecule has 2 N–H and O–H groups in total. The molecule has 110 valence electrons. The van der Waals surface area contributed by atoms with Gasteiger partial charge in [-0.1, -0.05) is 18.2 Å². The van der Waals surface area contributed by atoms with Crippen molar-refractivity contribution >= 4 is 17.8 Å². The number of carbonyl (C=O) groups excluding carboxylic acids is 2. The van der Waals surface area contributed by atoms with E-state index >= 15 is 0 Å². The lowest BCUT2D eigenvalue weighted by molar-refractivity contribution is -0.138. The van der Waals surface area contributed by atoms with Gasteiger partial charge >= 0.3 is 5.97 Å². The number of benzene rings is 1. The van der Waals surface area contributed by atoms with Crippen molar-refractivity contribution in [1.29, 1.82) is 0 Å². The Morgan fingerprint density at radius 1 is 1.29 bits per heavy atom. The minimum Gasteiger partial charge on any atom is -0.480 e. The van der Waals surface area contributed by atoms with Crippen LogP contribution < -0.4 is 5.32 Å². The highest BCUT2D eigenvalue weighted by Crippen LogP contribution is 2.38. The average molecular weight is 288 g/mol. The SMILES string of the molecule is O=C(O)CNC(=O)C1c2ccccc2C(=O)N1CC1CC1. The van der Waals surface area contributed by atoms with Crippen LogP contribution in [0.1, 0.15) is 34.8 Å². The first-order valence-electron chi connectivity index (χ1n) is 6.97. The first kappa shape index (κ1) is 13.6. The molecule has 0 bridgehead atoms. The van der Waals surface area contributed by atoms with Crippen LogP contribution in [0.3, 0.4) is 0 Å². The lowest BCUT2D eigenvalue weighted by atomic mass is 10.0. The number of nitrogens with one attached hydrogen (secondary N) is 1. The molecule has 0 spiro atoms. The fourth-order valence-electron chi connectivity index (χ4n) is 2.68. The van der Waals surface area contributed by atoms with Crippen LogP contribution in [0.2, 0.25) is 0 Å². The highest BCUT2D eigenvalue weighted by molar-refractivity contribution is 6.05. The van der Waals surface area contributed by atoms with Gasteiger partial charge in [-0.3, -0.25) is 14.4 Å². The molecule has 1 aromatic carbocycles. The topological polar surface area (TPSA) is 86.7 Å². The molecule has 0 radical (unpaired) electrons. The second kappa shape index (κ2) is 5.20. The number of fused-ring (bicyclic) bond motifs is 1. The number of hydrogen-bond acceptors (Lipinski definition) is 3. The van der Waals surface area contributed by atoms with Crippen molar-refractivity contribution in [1.82, 2.24) is 10.2 Å². The Kier molecular flexibility index (Phi) is 3.37. The van der Waals surface area contributed by atoms with E-state index in [2.05, 4.69) is 5.32 Å². The van der Waals surface area contributed by atoms with Gasteiger partial charge in [0, 0.05) is 12.1 Å². The van der Waals surface area contributed by atoms with Crippen molar-refractivity contribution in [2.75, 3.05) is 13.1 Å². The Balaban J connectivity index is 1.87. The second-order valence-corrected chi connectivity index (χ2v) is 5.50. The molecule has 0 aromatic heterocycles. The number of nitrogens with zero attached hydrogens (tertiary/aromatic N) is 1. The molecule has 2 amide bonds. The summed E-state index contributed by atoms with van der Waals surface area (Å²) in [6, 6.07) is 6.30. The van der Waals surface area contributed by atoms with Gasteiger partial charge in [0.15, 0.2) is 0 Å². The van der Waals surface area contributed by atoms with Gasteiger partial charge < -0.3 is 15.3 Å².